The molecule has 1 aromatic rings. The van der Waals surface area contributed by atoms with E-state index >= 15 is 0 Å². The van der Waals surface area contributed by atoms with Crippen molar-refractivity contribution in [3.8, 4) is 0 Å². The molecular formula is C10H12N2O6. The number of carbonyl (C=O) groups is 3. The Bertz CT molecular complexity index is 467. The number of oxazole rings is 1. The lowest BCUT2D eigenvalue weighted by Gasteiger charge is -2.12. The predicted molar refractivity (Wildman–Crippen MR) is 56.8 cm³/mol. The van der Waals surface area contributed by atoms with Crippen molar-refractivity contribution in [2.75, 3.05) is 7.11 Å². The van der Waals surface area contributed by atoms with E-state index in [0.717, 1.165) is 13.5 Å². The zero-order valence-electron chi connectivity index (χ0n) is 9.80. The third-order valence-corrected chi connectivity index (χ3v) is 2.15. The smallest absolute Gasteiger partial charge is 0.326 e. The first-order valence-electron chi connectivity index (χ1n) is 4.96. The van der Waals surface area contributed by atoms with E-state index in [1.807, 2.05) is 0 Å². The molecule has 0 aliphatic carbocycles. The number of carboxylic acids is 1. The highest BCUT2D eigenvalue weighted by atomic mass is 16.5. The van der Waals surface area contributed by atoms with Crippen LogP contribution in [0, 0.1) is 6.92 Å². The Morgan fingerprint density at radius 3 is 2.67 bits per heavy atom. The largest absolute Gasteiger partial charge is 0.480 e. The number of aromatic nitrogens is 1. The van der Waals surface area contributed by atoms with Gasteiger partial charge in [0, 0.05) is 0 Å². The Morgan fingerprint density at radius 1 is 1.56 bits per heavy atom. The van der Waals surface area contributed by atoms with Crippen molar-refractivity contribution in [1.29, 1.82) is 0 Å². The van der Waals surface area contributed by atoms with E-state index in [0.29, 0.717) is 5.69 Å². The molecule has 8 heteroatoms. The summed E-state index contributed by atoms with van der Waals surface area (Å²) < 4.78 is 9.14. The number of rotatable bonds is 5. The van der Waals surface area contributed by atoms with E-state index < -0.39 is 30.3 Å². The molecule has 1 rings (SSSR count). The summed E-state index contributed by atoms with van der Waals surface area (Å²) in [6.45, 7) is 1.54. The standard InChI is InChI=1S/C10H12N2O6/c1-5-8(18-4-11-5)9(14)12-6(10(15)16)3-7(13)17-2/h4,6H,3H2,1-2H3,(H,12,14)(H,15,16)/t6-/m0/s1. The van der Waals surface area contributed by atoms with E-state index in [9.17, 15) is 14.4 Å². The highest BCUT2D eigenvalue weighted by Gasteiger charge is 2.26. The topological polar surface area (TPSA) is 119 Å². The molecule has 1 amide bonds. The molecule has 0 aromatic carbocycles. The number of aryl methyl sites for hydroxylation is 1. The van der Waals surface area contributed by atoms with Crippen molar-refractivity contribution in [2.45, 2.75) is 19.4 Å². The Labute approximate surface area is 102 Å². The molecule has 0 aliphatic rings. The van der Waals surface area contributed by atoms with Crippen LogP contribution in [0.4, 0.5) is 0 Å². The van der Waals surface area contributed by atoms with Gasteiger partial charge in [0.05, 0.1) is 19.2 Å². The van der Waals surface area contributed by atoms with E-state index in [2.05, 4.69) is 15.0 Å². The summed E-state index contributed by atoms with van der Waals surface area (Å²) in [6, 6.07) is -1.38. The summed E-state index contributed by atoms with van der Waals surface area (Å²) >= 11 is 0. The summed E-state index contributed by atoms with van der Waals surface area (Å²) in [5.41, 5.74) is 0.328. The zero-order valence-corrected chi connectivity index (χ0v) is 9.80. The van der Waals surface area contributed by atoms with Crippen molar-refractivity contribution in [3.63, 3.8) is 0 Å². The molecule has 18 heavy (non-hydrogen) atoms. The maximum Gasteiger partial charge on any atom is 0.326 e. The van der Waals surface area contributed by atoms with Crippen molar-refractivity contribution in [1.82, 2.24) is 10.3 Å². The normalized spacial score (nSPS) is 11.7. The first kappa shape index (κ1) is 13.7. The van der Waals surface area contributed by atoms with Gasteiger partial charge in [0.2, 0.25) is 5.76 Å². The summed E-state index contributed by atoms with van der Waals surface area (Å²) in [5, 5.41) is 11.0. The minimum Gasteiger partial charge on any atom is -0.480 e. The Kier molecular flexibility index (Phi) is 4.41. The van der Waals surface area contributed by atoms with Crippen LogP contribution in [0.2, 0.25) is 0 Å². The van der Waals surface area contributed by atoms with Gasteiger partial charge in [0.15, 0.2) is 6.39 Å². The second-order valence-corrected chi connectivity index (χ2v) is 3.41. The fourth-order valence-electron chi connectivity index (χ4n) is 1.19. The summed E-state index contributed by atoms with van der Waals surface area (Å²) in [4.78, 5) is 37.2. The second kappa shape index (κ2) is 5.80. The molecule has 0 saturated heterocycles. The number of amides is 1. The summed E-state index contributed by atoms with van der Waals surface area (Å²) in [6.07, 6.45) is 0.602. The highest BCUT2D eigenvalue weighted by molar-refractivity contribution is 5.95. The predicted octanol–water partition coefficient (Wildman–Crippen LogP) is -0.271. The second-order valence-electron chi connectivity index (χ2n) is 3.41. The number of hydrogen-bond acceptors (Lipinski definition) is 6. The number of nitrogens with zero attached hydrogens (tertiary/aromatic N) is 1. The molecule has 0 radical (unpaired) electrons. The first-order chi connectivity index (χ1) is 8.45. The molecule has 98 valence electrons. The lowest BCUT2D eigenvalue weighted by atomic mass is 10.2. The fourth-order valence-corrected chi connectivity index (χ4v) is 1.19. The summed E-state index contributed by atoms with van der Waals surface area (Å²) in [7, 11) is 1.13. The number of nitrogens with one attached hydrogen (secondary N) is 1. The van der Waals surface area contributed by atoms with Gasteiger partial charge >= 0.3 is 11.9 Å². The van der Waals surface area contributed by atoms with Gasteiger partial charge in [-0.05, 0) is 6.92 Å². The number of carbonyl (C=O) groups excluding carboxylic acids is 2. The molecule has 0 aliphatic heterocycles. The van der Waals surface area contributed by atoms with Crippen LogP contribution in [0.1, 0.15) is 22.7 Å². The minimum absolute atomic E-state index is 0.0916. The lowest BCUT2D eigenvalue weighted by molar-refractivity contribution is -0.147. The van der Waals surface area contributed by atoms with Gasteiger partial charge in [-0.1, -0.05) is 0 Å². The third kappa shape index (κ3) is 3.30. The number of carboxylic acid groups (broad SMARTS) is 1. The molecule has 8 nitrogen and oxygen atoms in total. The summed E-state index contributed by atoms with van der Waals surface area (Å²) in [5.74, 6) is -2.92. The van der Waals surface area contributed by atoms with Gasteiger partial charge in [-0.3, -0.25) is 9.59 Å². The van der Waals surface area contributed by atoms with Crippen LogP contribution >= 0.6 is 0 Å². The van der Waals surface area contributed by atoms with Crippen LogP contribution in [0.25, 0.3) is 0 Å². The number of aliphatic carboxylic acids is 1. The van der Waals surface area contributed by atoms with Crippen LogP contribution in [-0.4, -0.2) is 41.1 Å². The van der Waals surface area contributed by atoms with Gasteiger partial charge in [-0.15, -0.1) is 0 Å². The highest BCUT2D eigenvalue weighted by Crippen LogP contribution is 2.06. The zero-order chi connectivity index (χ0) is 13.7. The molecule has 1 atom stereocenters. The van der Waals surface area contributed by atoms with Crippen LogP contribution in [0.15, 0.2) is 10.8 Å². The van der Waals surface area contributed by atoms with Gasteiger partial charge < -0.3 is 19.6 Å². The Balaban J connectivity index is 2.73. The molecule has 0 unspecified atom stereocenters. The molecule has 0 fully saturated rings. The number of methoxy groups -OCH3 is 1. The van der Waals surface area contributed by atoms with E-state index in [1.54, 1.807) is 0 Å². The van der Waals surface area contributed by atoms with Crippen LogP contribution in [0.3, 0.4) is 0 Å². The lowest BCUT2D eigenvalue weighted by Crippen LogP contribution is -2.42. The monoisotopic (exact) mass is 256 g/mol. The van der Waals surface area contributed by atoms with Crippen molar-refractivity contribution in [3.05, 3.63) is 17.8 Å². The van der Waals surface area contributed by atoms with E-state index in [-0.39, 0.29) is 5.76 Å². The maximum atomic E-state index is 11.7. The molecule has 0 bridgehead atoms. The number of esters is 1. The minimum atomic E-state index is -1.38. The average Bonchev–Trinajstić information content (AvgIpc) is 2.74. The maximum absolute atomic E-state index is 11.7. The van der Waals surface area contributed by atoms with Gasteiger partial charge in [0.1, 0.15) is 6.04 Å². The first-order valence-corrected chi connectivity index (χ1v) is 4.96. The molecule has 0 spiro atoms. The Morgan fingerprint density at radius 2 is 2.22 bits per heavy atom. The van der Waals surface area contributed by atoms with Gasteiger partial charge in [-0.2, -0.15) is 0 Å². The van der Waals surface area contributed by atoms with E-state index in [4.69, 9.17) is 9.52 Å². The van der Waals surface area contributed by atoms with Gasteiger partial charge in [0.25, 0.3) is 5.91 Å². The molecule has 1 heterocycles. The SMILES string of the molecule is COC(=O)C[C@H](NC(=O)c1ocnc1C)C(=O)O. The molecule has 2 N–H and O–H groups in total. The van der Waals surface area contributed by atoms with Gasteiger partial charge in [-0.25, -0.2) is 9.78 Å². The number of hydrogen-bond donors (Lipinski definition) is 2. The number of ether oxygens (including phenoxy) is 1. The average molecular weight is 256 g/mol. The van der Waals surface area contributed by atoms with Crippen molar-refractivity contribution >= 4 is 17.8 Å². The van der Waals surface area contributed by atoms with Crippen LogP contribution in [0.5, 0.6) is 0 Å². The van der Waals surface area contributed by atoms with Crippen LogP contribution in [-0.2, 0) is 14.3 Å². The molecule has 1 aromatic heterocycles. The quantitative estimate of drug-likeness (QED) is 0.696. The molecular weight excluding hydrogens is 244 g/mol. The van der Waals surface area contributed by atoms with Crippen LogP contribution < -0.4 is 5.32 Å². The molecule has 0 saturated carbocycles. The van der Waals surface area contributed by atoms with Crippen molar-refractivity contribution < 1.29 is 28.6 Å². The van der Waals surface area contributed by atoms with E-state index in [1.165, 1.54) is 6.92 Å². The fraction of sp³-hybridized carbons (Fsp3) is 0.400. The Hall–Kier alpha value is -2.38. The third-order valence-electron chi connectivity index (χ3n) is 2.15. The van der Waals surface area contributed by atoms with Crippen molar-refractivity contribution in [2.24, 2.45) is 0 Å².